The SMILES string of the molecule is Cc1cccc(N(c2ccc3ccc4c(N(c5cccc(C)c5)c5c(C)ccc6c5oc5ccccc56)ccc5ccc2c3c54)c2c(C)ccc3c2oc2ccccc23)c1. The summed E-state index contributed by atoms with van der Waals surface area (Å²) < 4.78 is 13.6. The Kier molecular flexibility index (Phi) is 7.45. The minimum atomic E-state index is 0.884. The second kappa shape index (κ2) is 13.0. The Labute approximate surface area is 347 Å². The Morgan fingerprint density at radius 1 is 0.350 bits per heavy atom. The van der Waals surface area contributed by atoms with Crippen LogP contribution in [0.1, 0.15) is 22.3 Å². The van der Waals surface area contributed by atoms with Crippen molar-refractivity contribution in [3.8, 4) is 0 Å². The first-order valence-electron chi connectivity index (χ1n) is 20.7. The van der Waals surface area contributed by atoms with Crippen LogP contribution in [0.15, 0.2) is 179 Å². The minimum absolute atomic E-state index is 0.884. The van der Waals surface area contributed by atoms with Gasteiger partial charge in [0.25, 0.3) is 0 Å². The largest absolute Gasteiger partial charge is 0.454 e. The Morgan fingerprint density at radius 2 is 0.767 bits per heavy atom. The molecule has 0 aliphatic rings. The molecule has 0 amide bonds. The number of fused-ring (bicyclic) bond motifs is 6. The highest BCUT2D eigenvalue weighted by Gasteiger charge is 2.27. The predicted octanol–water partition coefficient (Wildman–Crippen LogP) is 16.6. The number of nitrogens with zero attached hydrogens (tertiary/aromatic N) is 2. The summed E-state index contributed by atoms with van der Waals surface area (Å²) in [6.45, 7) is 8.71. The summed E-state index contributed by atoms with van der Waals surface area (Å²) in [6, 6.07) is 61.5. The number of furan rings is 2. The average Bonchev–Trinajstić information content (AvgIpc) is 3.84. The lowest BCUT2D eigenvalue weighted by Gasteiger charge is -2.30. The molecule has 4 nitrogen and oxygen atoms in total. The summed E-state index contributed by atoms with van der Waals surface area (Å²) >= 11 is 0. The molecule has 286 valence electrons. The summed E-state index contributed by atoms with van der Waals surface area (Å²) in [7, 11) is 0. The Bertz CT molecular complexity index is 3440. The molecule has 2 heterocycles. The van der Waals surface area contributed by atoms with Crippen LogP contribution < -0.4 is 9.80 Å². The monoisotopic (exact) mass is 772 g/mol. The van der Waals surface area contributed by atoms with Gasteiger partial charge < -0.3 is 18.6 Å². The first-order chi connectivity index (χ1) is 29.4. The zero-order valence-corrected chi connectivity index (χ0v) is 33.9. The molecule has 0 spiro atoms. The van der Waals surface area contributed by atoms with Crippen molar-refractivity contribution in [2.45, 2.75) is 27.7 Å². The van der Waals surface area contributed by atoms with Crippen LogP contribution >= 0.6 is 0 Å². The van der Waals surface area contributed by atoms with Crippen molar-refractivity contribution < 1.29 is 8.83 Å². The molecule has 10 aromatic carbocycles. The molecule has 12 aromatic rings. The van der Waals surface area contributed by atoms with Crippen molar-refractivity contribution in [3.05, 3.63) is 192 Å². The Balaban J connectivity index is 1.16. The summed E-state index contributed by atoms with van der Waals surface area (Å²) in [5.41, 5.74) is 14.7. The third kappa shape index (κ3) is 5.04. The Hall–Kier alpha value is -7.56. The lowest BCUT2D eigenvalue weighted by atomic mass is 9.91. The third-order valence-electron chi connectivity index (χ3n) is 12.5. The molecule has 0 fully saturated rings. The van der Waals surface area contributed by atoms with Gasteiger partial charge >= 0.3 is 0 Å². The normalized spacial score (nSPS) is 12.0. The van der Waals surface area contributed by atoms with Crippen molar-refractivity contribution in [1.29, 1.82) is 0 Å². The maximum Gasteiger partial charge on any atom is 0.159 e. The highest BCUT2D eigenvalue weighted by Crippen LogP contribution is 2.51. The molecule has 0 saturated carbocycles. The van der Waals surface area contributed by atoms with Crippen molar-refractivity contribution in [1.82, 2.24) is 0 Å². The number of hydrogen-bond acceptors (Lipinski definition) is 4. The molecule has 0 aliphatic heterocycles. The van der Waals surface area contributed by atoms with Gasteiger partial charge in [0, 0.05) is 43.7 Å². The van der Waals surface area contributed by atoms with Crippen molar-refractivity contribution in [2.24, 2.45) is 0 Å². The molecule has 0 bridgehead atoms. The fraction of sp³-hybridized carbons (Fsp3) is 0.0714. The van der Waals surface area contributed by atoms with E-state index < -0.39 is 0 Å². The molecular weight excluding hydrogens is 733 g/mol. The number of para-hydroxylation sites is 2. The quantitative estimate of drug-likeness (QED) is 0.158. The van der Waals surface area contributed by atoms with E-state index in [0.717, 1.165) is 89.1 Å². The van der Waals surface area contributed by atoms with E-state index in [1.807, 2.05) is 12.1 Å². The van der Waals surface area contributed by atoms with Gasteiger partial charge in [0.1, 0.15) is 11.2 Å². The number of rotatable bonds is 6. The summed E-state index contributed by atoms with van der Waals surface area (Å²) in [4.78, 5) is 4.84. The van der Waals surface area contributed by atoms with Crippen LogP contribution in [-0.4, -0.2) is 0 Å². The summed E-state index contributed by atoms with van der Waals surface area (Å²) in [5.74, 6) is 0. The smallest absolute Gasteiger partial charge is 0.159 e. The summed E-state index contributed by atoms with van der Waals surface area (Å²) in [6.07, 6.45) is 0. The second-order valence-electron chi connectivity index (χ2n) is 16.4. The first-order valence-corrected chi connectivity index (χ1v) is 20.7. The fourth-order valence-electron chi connectivity index (χ4n) is 9.77. The molecule has 0 unspecified atom stereocenters. The zero-order chi connectivity index (χ0) is 40.2. The van der Waals surface area contributed by atoms with Crippen LogP contribution in [0.2, 0.25) is 0 Å². The van der Waals surface area contributed by atoms with Gasteiger partial charge in [-0.05, 0) is 120 Å². The predicted molar refractivity (Wildman–Crippen MR) is 253 cm³/mol. The van der Waals surface area contributed by atoms with Crippen LogP contribution in [0.3, 0.4) is 0 Å². The topological polar surface area (TPSA) is 32.8 Å². The molecule has 0 radical (unpaired) electrons. The van der Waals surface area contributed by atoms with Gasteiger partial charge in [-0.25, -0.2) is 0 Å². The van der Waals surface area contributed by atoms with Crippen LogP contribution in [-0.2, 0) is 0 Å². The highest BCUT2D eigenvalue weighted by atomic mass is 16.3. The van der Waals surface area contributed by atoms with E-state index in [4.69, 9.17) is 8.83 Å². The molecule has 2 aromatic heterocycles. The number of benzene rings is 10. The minimum Gasteiger partial charge on any atom is -0.454 e. The van der Waals surface area contributed by atoms with E-state index in [-0.39, 0.29) is 0 Å². The summed E-state index contributed by atoms with van der Waals surface area (Å²) in [5, 5.41) is 11.7. The third-order valence-corrected chi connectivity index (χ3v) is 12.5. The Morgan fingerprint density at radius 3 is 1.22 bits per heavy atom. The molecular formula is C56H40N2O2. The van der Waals surface area contributed by atoms with Crippen LogP contribution in [0.4, 0.5) is 34.1 Å². The highest BCUT2D eigenvalue weighted by molar-refractivity contribution is 6.29. The van der Waals surface area contributed by atoms with Crippen molar-refractivity contribution in [3.63, 3.8) is 0 Å². The van der Waals surface area contributed by atoms with Gasteiger partial charge in [0.05, 0.1) is 22.7 Å². The van der Waals surface area contributed by atoms with E-state index in [1.54, 1.807) is 0 Å². The van der Waals surface area contributed by atoms with E-state index in [2.05, 4.69) is 195 Å². The van der Waals surface area contributed by atoms with E-state index in [0.29, 0.717) is 0 Å². The van der Waals surface area contributed by atoms with Crippen LogP contribution in [0.5, 0.6) is 0 Å². The maximum absolute atomic E-state index is 6.78. The van der Waals surface area contributed by atoms with Crippen LogP contribution in [0, 0.1) is 27.7 Å². The molecule has 0 atom stereocenters. The molecule has 0 saturated heterocycles. The average molecular weight is 773 g/mol. The fourth-order valence-corrected chi connectivity index (χ4v) is 9.77. The van der Waals surface area contributed by atoms with E-state index in [1.165, 1.54) is 43.4 Å². The maximum atomic E-state index is 6.78. The van der Waals surface area contributed by atoms with Gasteiger partial charge in [-0.3, -0.25) is 0 Å². The standard InChI is InChI=1S/C56H40N2O2/c1-33-11-9-13-39(31-33)57(53-35(3)19-25-43-41-15-5-7-17-49(41)59-55(43)53)47-29-23-37-22-28-46-48(30-24-38-21-27-45(47)51(37)52(38)46)58(40-14-10-12-34(2)32-40)54-36(4)20-26-44-42-16-6-8-18-50(42)60-56(44)54/h5-32H,1-4H3. The lowest BCUT2D eigenvalue weighted by molar-refractivity contribution is 0.668. The van der Waals surface area contributed by atoms with Crippen molar-refractivity contribution >= 4 is 110 Å². The molecule has 0 N–H and O–H groups in total. The van der Waals surface area contributed by atoms with E-state index >= 15 is 0 Å². The lowest BCUT2D eigenvalue weighted by Crippen LogP contribution is -2.13. The van der Waals surface area contributed by atoms with Gasteiger partial charge in [0.15, 0.2) is 11.2 Å². The first kappa shape index (κ1) is 34.5. The van der Waals surface area contributed by atoms with Gasteiger partial charge in [-0.15, -0.1) is 0 Å². The number of anilines is 6. The second-order valence-corrected chi connectivity index (χ2v) is 16.4. The van der Waals surface area contributed by atoms with Crippen molar-refractivity contribution in [2.75, 3.05) is 9.80 Å². The van der Waals surface area contributed by atoms with E-state index in [9.17, 15) is 0 Å². The zero-order valence-electron chi connectivity index (χ0n) is 33.9. The van der Waals surface area contributed by atoms with Gasteiger partial charge in [-0.2, -0.15) is 0 Å². The molecule has 0 aliphatic carbocycles. The van der Waals surface area contributed by atoms with Gasteiger partial charge in [-0.1, -0.05) is 121 Å². The molecule has 12 rings (SSSR count). The number of hydrogen-bond donors (Lipinski definition) is 0. The number of aryl methyl sites for hydroxylation is 4. The molecule has 60 heavy (non-hydrogen) atoms. The molecule has 4 heteroatoms. The van der Waals surface area contributed by atoms with Gasteiger partial charge in [0.2, 0.25) is 0 Å². The van der Waals surface area contributed by atoms with Crippen LogP contribution in [0.25, 0.3) is 76.2 Å².